The SMILES string of the molecule is O=C(NC(=S)N1CCN(c2ccc([N+](=O)[O-])c(N3CCOCC3)c2)CC1)c1ccc(-c2cccc(Cl)c2Cl)o1. The van der Waals surface area contributed by atoms with Gasteiger partial charge in [-0.1, -0.05) is 29.3 Å². The summed E-state index contributed by atoms with van der Waals surface area (Å²) in [4.78, 5) is 30.1. The number of thiocarbonyl (C=S) groups is 1. The number of carbonyl (C=O) groups is 1. The van der Waals surface area contributed by atoms with Crippen molar-refractivity contribution in [2.75, 3.05) is 62.3 Å². The molecule has 0 radical (unpaired) electrons. The van der Waals surface area contributed by atoms with Crippen molar-refractivity contribution >= 4 is 63.5 Å². The summed E-state index contributed by atoms with van der Waals surface area (Å²) in [7, 11) is 0. The maximum Gasteiger partial charge on any atom is 0.293 e. The molecule has 10 nitrogen and oxygen atoms in total. The van der Waals surface area contributed by atoms with Gasteiger partial charge in [0, 0.05) is 56.6 Å². The average molecular weight is 590 g/mol. The Bertz CT molecular complexity index is 1400. The Morgan fingerprint density at radius 2 is 1.72 bits per heavy atom. The molecule has 204 valence electrons. The van der Waals surface area contributed by atoms with Crippen LogP contribution in [0.1, 0.15) is 10.6 Å². The van der Waals surface area contributed by atoms with Crippen LogP contribution in [0, 0.1) is 10.1 Å². The number of halogens is 2. The number of piperazine rings is 1. The molecule has 2 aromatic carbocycles. The lowest BCUT2D eigenvalue weighted by atomic mass is 10.1. The number of nitro groups is 1. The molecule has 2 aliphatic heterocycles. The Labute approximate surface area is 240 Å². The van der Waals surface area contributed by atoms with E-state index in [4.69, 9.17) is 44.6 Å². The molecule has 5 rings (SSSR count). The van der Waals surface area contributed by atoms with E-state index in [0.717, 1.165) is 5.69 Å². The van der Waals surface area contributed by atoms with Crippen molar-refractivity contribution in [1.82, 2.24) is 10.2 Å². The fourth-order valence-corrected chi connectivity index (χ4v) is 5.29. The van der Waals surface area contributed by atoms with E-state index in [2.05, 4.69) is 10.2 Å². The number of hydrogen-bond donors (Lipinski definition) is 1. The van der Waals surface area contributed by atoms with E-state index in [9.17, 15) is 14.9 Å². The molecular formula is C26H25Cl2N5O5S. The molecule has 2 saturated heterocycles. The number of benzene rings is 2. The molecule has 1 amide bonds. The molecule has 0 aliphatic carbocycles. The molecule has 2 fully saturated rings. The van der Waals surface area contributed by atoms with Gasteiger partial charge in [0.15, 0.2) is 10.9 Å². The number of morpholine rings is 1. The van der Waals surface area contributed by atoms with Gasteiger partial charge in [-0.05, 0) is 48.6 Å². The molecular weight excluding hydrogens is 565 g/mol. The van der Waals surface area contributed by atoms with Crippen LogP contribution in [-0.4, -0.2) is 73.3 Å². The second-order valence-electron chi connectivity index (χ2n) is 9.03. The summed E-state index contributed by atoms with van der Waals surface area (Å²) in [5, 5.41) is 15.4. The highest BCUT2D eigenvalue weighted by atomic mass is 35.5. The van der Waals surface area contributed by atoms with Crippen LogP contribution in [0.5, 0.6) is 0 Å². The minimum Gasteiger partial charge on any atom is -0.451 e. The smallest absolute Gasteiger partial charge is 0.293 e. The summed E-state index contributed by atoms with van der Waals surface area (Å²) >= 11 is 17.9. The van der Waals surface area contributed by atoms with Crippen molar-refractivity contribution in [3.63, 3.8) is 0 Å². The zero-order valence-electron chi connectivity index (χ0n) is 20.8. The van der Waals surface area contributed by atoms with Crippen molar-refractivity contribution in [2.24, 2.45) is 0 Å². The fraction of sp³-hybridized carbons (Fsp3) is 0.308. The van der Waals surface area contributed by atoms with Crippen molar-refractivity contribution in [1.29, 1.82) is 0 Å². The van der Waals surface area contributed by atoms with Gasteiger partial charge in [0.1, 0.15) is 11.4 Å². The summed E-state index contributed by atoms with van der Waals surface area (Å²) in [5.41, 5.74) is 2.18. The topological polar surface area (TPSA) is 104 Å². The van der Waals surface area contributed by atoms with Crippen molar-refractivity contribution in [3.8, 4) is 11.3 Å². The maximum atomic E-state index is 12.8. The largest absolute Gasteiger partial charge is 0.451 e. The molecule has 0 atom stereocenters. The Morgan fingerprint density at radius 3 is 2.44 bits per heavy atom. The minimum absolute atomic E-state index is 0.0851. The standard InChI is InChI=1S/C26H25Cl2N5O5S/c27-19-3-1-2-18(24(19)28)22-6-7-23(38-22)25(34)29-26(39)32-10-8-30(9-11-32)17-4-5-20(33(35)36)21(16-17)31-12-14-37-15-13-31/h1-7,16H,8-15H2,(H,29,34,39). The third kappa shape index (κ3) is 5.96. The molecule has 1 aromatic heterocycles. The van der Waals surface area contributed by atoms with E-state index in [-0.39, 0.29) is 16.4 Å². The molecule has 0 saturated carbocycles. The van der Waals surface area contributed by atoms with E-state index in [1.54, 1.807) is 42.5 Å². The van der Waals surface area contributed by atoms with Gasteiger partial charge in [-0.3, -0.25) is 20.2 Å². The number of ether oxygens (including phenoxy) is 1. The third-order valence-electron chi connectivity index (χ3n) is 6.71. The highest BCUT2D eigenvalue weighted by Gasteiger charge is 2.26. The van der Waals surface area contributed by atoms with Gasteiger partial charge >= 0.3 is 0 Å². The first kappa shape index (κ1) is 27.2. The number of amides is 1. The Balaban J connectivity index is 1.20. The molecule has 3 heterocycles. The zero-order chi connectivity index (χ0) is 27.5. The second-order valence-corrected chi connectivity index (χ2v) is 10.2. The normalized spacial score (nSPS) is 15.8. The lowest BCUT2D eigenvalue weighted by Gasteiger charge is -2.37. The van der Waals surface area contributed by atoms with Gasteiger partial charge in [-0.15, -0.1) is 0 Å². The number of nitrogens with zero attached hydrogens (tertiary/aromatic N) is 4. The Hall–Kier alpha value is -3.38. The van der Waals surface area contributed by atoms with Gasteiger partial charge in [0.05, 0.1) is 28.2 Å². The van der Waals surface area contributed by atoms with Crippen molar-refractivity contribution in [2.45, 2.75) is 0 Å². The highest BCUT2D eigenvalue weighted by molar-refractivity contribution is 7.80. The van der Waals surface area contributed by atoms with Crippen LogP contribution in [0.4, 0.5) is 17.1 Å². The fourth-order valence-electron chi connectivity index (χ4n) is 4.62. The lowest BCUT2D eigenvalue weighted by Crippen LogP contribution is -2.52. The van der Waals surface area contributed by atoms with Crippen molar-refractivity contribution in [3.05, 3.63) is 74.5 Å². The summed E-state index contributed by atoms with van der Waals surface area (Å²) in [5.74, 6) is 0.0626. The molecule has 3 aromatic rings. The van der Waals surface area contributed by atoms with Crippen LogP contribution in [0.2, 0.25) is 10.0 Å². The van der Waals surface area contributed by atoms with Crippen LogP contribution in [0.15, 0.2) is 52.9 Å². The highest BCUT2D eigenvalue weighted by Crippen LogP contribution is 2.35. The number of nitro benzene ring substituents is 1. The van der Waals surface area contributed by atoms with E-state index >= 15 is 0 Å². The number of furan rings is 1. The molecule has 0 bridgehead atoms. The van der Waals surface area contributed by atoms with E-state index in [1.165, 1.54) is 0 Å². The summed E-state index contributed by atoms with van der Waals surface area (Å²) in [6.07, 6.45) is 0. The number of rotatable bonds is 5. The summed E-state index contributed by atoms with van der Waals surface area (Å²) in [6, 6.07) is 13.6. The lowest BCUT2D eigenvalue weighted by molar-refractivity contribution is -0.384. The number of hydrogen-bond acceptors (Lipinski definition) is 8. The van der Waals surface area contributed by atoms with Gasteiger partial charge < -0.3 is 23.9 Å². The third-order valence-corrected chi connectivity index (χ3v) is 7.89. The first-order chi connectivity index (χ1) is 18.8. The first-order valence-corrected chi connectivity index (χ1v) is 13.5. The average Bonchev–Trinajstić information content (AvgIpc) is 3.45. The second kappa shape index (κ2) is 11.8. The van der Waals surface area contributed by atoms with Crippen LogP contribution >= 0.6 is 35.4 Å². The monoisotopic (exact) mass is 589 g/mol. The summed E-state index contributed by atoms with van der Waals surface area (Å²) in [6.45, 7) is 4.70. The van der Waals surface area contributed by atoms with E-state index in [0.29, 0.717) is 84.7 Å². The molecule has 13 heteroatoms. The number of nitrogens with one attached hydrogen (secondary N) is 1. The quantitative estimate of drug-likeness (QED) is 0.254. The van der Waals surface area contributed by atoms with Crippen LogP contribution in [0.25, 0.3) is 11.3 Å². The van der Waals surface area contributed by atoms with Gasteiger partial charge in [0.2, 0.25) is 0 Å². The molecule has 0 unspecified atom stereocenters. The zero-order valence-corrected chi connectivity index (χ0v) is 23.1. The van der Waals surface area contributed by atoms with Crippen LogP contribution < -0.4 is 15.1 Å². The first-order valence-electron chi connectivity index (χ1n) is 12.3. The predicted octanol–water partition coefficient (Wildman–Crippen LogP) is 4.84. The molecule has 0 spiro atoms. The number of anilines is 2. The minimum atomic E-state index is -0.461. The van der Waals surface area contributed by atoms with Gasteiger partial charge in [0.25, 0.3) is 11.6 Å². The molecule has 39 heavy (non-hydrogen) atoms. The van der Waals surface area contributed by atoms with Gasteiger partial charge in [-0.2, -0.15) is 0 Å². The Morgan fingerprint density at radius 1 is 0.974 bits per heavy atom. The molecule has 2 aliphatic rings. The Kier molecular flexibility index (Phi) is 8.22. The van der Waals surface area contributed by atoms with E-state index in [1.807, 2.05) is 15.9 Å². The predicted molar refractivity (Wildman–Crippen MR) is 154 cm³/mol. The summed E-state index contributed by atoms with van der Waals surface area (Å²) < 4.78 is 11.1. The van der Waals surface area contributed by atoms with Crippen LogP contribution in [-0.2, 0) is 4.74 Å². The van der Waals surface area contributed by atoms with Crippen molar-refractivity contribution < 1.29 is 18.9 Å². The van der Waals surface area contributed by atoms with E-state index < -0.39 is 5.91 Å². The van der Waals surface area contributed by atoms with Crippen LogP contribution in [0.3, 0.4) is 0 Å². The van der Waals surface area contributed by atoms with Gasteiger partial charge in [-0.25, -0.2) is 0 Å². The number of carbonyl (C=O) groups excluding carboxylic acids is 1. The maximum absolute atomic E-state index is 12.8. The molecule has 1 N–H and O–H groups in total.